The van der Waals surface area contributed by atoms with E-state index in [4.69, 9.17) is 11.6 Å². The smallest absolute Gasteiger partial charge is 0.226 e. The molecule has 0 amide bonds. The van der Waals surface area contributed by atoms with E-state index >= 15 is 0 Å². The van der Waals surface area contributed by atoms with Crippen molar-refractivity contribution in [2.24, 2.45) is 11.8 Å². The number of nitrogens with zero attached hydrogens (tertiary/aromatic N) is 3. The number of aromatic nitrogens is 2. The molecule has 0 spiro atoms. The van der Waals surface area contributed by atoms with Crippen LogP contribution in [-0.4, -0.2) is 15.3 Å². The number of carbonyl (C=O) groups excluding carboxylic acids is 1. The summed E-state index contributed by atoms with van der Waals surface area (Å²) in [4.78, 5) is 20.9. The van der Waals surface area contributed by atoms with Crippen molar-refractivity contribution in [3.8, 4) is 5.69 Å². The maximum atomic E-state index is 12.5. The summed E-state index contributed by atoms with van der Waals surface area (Å²) in [5, 5.41) is 0. The monoisotopic (exact) mass is 331 g/mol. The first-order chi connectivity index (χ1) is 12.0. The fourth-order valence-electron chi connectivity index (χ4n) is 4.73. The minimum atomic E-state index is -0.356. The fraction of sp³-hybridized carbons (Fsp3) is 0.381. The molecule has 4 nitrogen and oxygen atoms in total. The number of allylic oxidation sites excluding steroid dienone is 2. The minimum absolute atomic E-state index is 0.0138. The van der Waals surface area contributed by atoms with Crippen molar-refractivity contribution in [3.63, 3.8) is 0 Å². The molecule has 1 aromatic carbocycles. The van der Waals surface area contributed by atoms with Gasteiger partial charge in [0.05, 0.1) is 12.3 Å². The Hall–Kier alpha value is -2.67. The van der Waals surface area contributed by atoms with Gasteiger partial charge in [0.15, 0.2) is 5.78 Å². The van der Waals surface area contributed by atoms with Crippen LogP contribution in [-0.2, 0) is 16.6 Å². The normalized spacial score (nSPS) is 27.9. The molecule has 4 rings (SSSR count). The quantitative estimate of drug-likeness (QED) is 0.740. The van der Waals surface area contributed by atoms with Gasteiger partial charge < -0.3 is 9.36 Å². The number of aryl methyl sites for hydroxylation is 1. The lowest BCUT2D eigenvalue weighted by Gasteiger charge is -2.44. The van der Waals surface area contributed by atoms with E-state index in [0.29, 0.717) is 0 Å². The Morgan fingerprint density at radius 1 is 1.32 bits per heavy atom. The highest BCUT2D eigenvalue weighted by atomic mass is 16.1. The van der Waals surface area contributed by atoms with Crippen molar-refractivity contribution in [2.45, 2.75) is 39.0 Å². The molecule has 1 aromatic heterocycles. The Morgan fingerprint density at radius 3 is 2.72 bits per heavy atom. The van der Waals surface area contributed by atoms with Gasteiger partial charge in [-0.05, 0) is 37.8 Å². The lowest BCUT2D eigenvalue weighted by molar-refractivity contribution is -0.121. The number of fused-ring (bicyclic) bond motifs is 3. The summed E-state index contributed by atoms with van der Waals surface area (Å²) >= 11 is 0. The summed E-state index contributed by atoms with van der Waals surface area (Å²) in [6.07, 6.45) is 3.73. The lowest BCUT2D eigenvalue weighted by Crippen LogP contribution is -2.45. The molecule has 25 heavy (non-hydrogen) atoms. The Bertz CT molecular complexity index is 932. The summed E-state index contributed by atoms with van der Waals surface area (Å²) in [6, 6.07) is 10.3. The number of rotatable bonds is 1. The van der Waals surface area contributed by atoms with Crippen molar-refractivity contribution < 1.29 is 4.79 Å². The fourth-order valence-corrected chi connectivity index (χ4v) is 4.73. The number of Topliss-reactive ketones (excluding diaryl/α,β-unsaturated/α-hetero) is 1. The summed E-state index contributed by atoms with van der Waals surface area (Å²) in [5.74, 6) is 1.02. The molecule has 0 saturated carbocycles. The van der Waals surface area contributed by atoms with Crippen LogP contribution in [0.2, 0.25) is 0 Å². The highest BCUT2D eigenvalue weighted by Crippen LogP contribution is 2.50. The van der Waals surface area contributed by atoms with Crippen molar-refractivity contribution in [1.29, 1.82) is 0 Å². The topological polar surface area (TPSA) is 39.2 Å². The lowest BCUT2D eigenvalue weighted by atomic mass is 9.59. The molecule has 2 aliphatic rings. The van der Waals surface area contributed by atoms with Crippen LogP contribution < -0.4 is 0 Å². The average Bonchev–Trinajstić information content (AvgIpc) is 2.96. The molecule has 1 heterocycles. The summed E-state index contributed by atoms with van der Waals surface area (Å²) in [7, 11) is 0. The Morgan fingerprint density at radius 2 is 2.04 bits per heavy atom. The Labute approximate surface area is 148 Å². The van der Waals surface area contributed by atoms with Crippen LogP contribution in [0.25, 0.3) is 10.5 Å². The van der Waals surface area contributed by atoms with Crippen LogP contribution in [0.5, 0.6) is 0 Å². The van der Waals surface area contributed by atoms with Gasteiger partial charge in [-0.25, -0.2) is 9.83 Å². The molecular weight excluding hydrogens is 310 g/mol. The van der Waals surface area contributed by atoms with E-state index < -0.39 is 0 Å². The van der Waals surface area contributed by atoms with Crippen LogP contribution in [0.1, 0.15) is 37.5 Å². The van der Waals surface area contributed by atoms with Gasteiger partial charge in [-0.3, -0.25) is 0 Å². The van der Waals surface area contributed by atoms with Gasteiger partial charge >= 0.3 is 0 Å². The van der Waals surface area contributed by atoms with Crippen molar-refractivity contribution >= 4 is 5.78 Å². The number of benzene rings is 1. The highest BCUT2D eigenvalue weighted by molar-refractivity contribution is 6.00. The van der Waals surface area contributed by atoms with Crippen LogP contribution in [0.4, 0.5) is 0 Å². The molecule has 2 aromatic rings. The van der Waals surface area contributed by atoms with Gasteiger partial charge in [0.25, 0.3) is 0 Å². The largest absolute Gasteiger partial charge is 0.308 e. The zero-order chi connectivity index (χ0) is 17.8. The maximum Gasteiger partial charge on any atom is 0.226 e. The van der Waals surface area contributed by atoms with E-state index in [1.807, 2.05) is 38.1 Å². The third kappa shape index (κ3) is 2.12. The number of imidazole rings is 1. The van der Waals surface area contributed by atoms with E-state index in [2.05, 4.69) is 28.5 Å². The van der Waals surface area contributed by atoms with E-state index in [-0.39, 0.29) is 28.7 Å². The molecule has 0 N–H and O–H groups in total. The van der Waals surface area contributed by atoms with Crippen molar-refractivity contribution in [3.05, 3.63) is 70.7 Å². The molecule has 4 heteroatoms. The highest BCUT2D eigenvalue weighted by Gasteiger charge is 2.49. The van der Waals surface area contributed by atoms with Crippen molar-refractivity contribution in [2.75, 3.05) is 0 Å². The van der Waals surface area contributed by atoms with Gasteiger partial charge in [-0.2, -0.15) is 0 Å². The molecule has 2 aliphatic carbocycles. The zero-order valence-corrected chi connectivity index (χ0v) is 14.8. The molecular formula is C21H21N3O. The number of para-hydroxylation sites is 1. The van der Waals surface area contributed by atoms with Gasteiger partial charge in [-0.15, -0.1) is 0 Å². The second-order valence-electron chi connectivity index (χ2n) is 7.35. The average molecular weight is 331 g/mol. The van der Waals surface area contributed by atoms with Gasteiger partial charge in [0, 0.05) is 22.7 Å². The van der Waals surface area contributed by atoms with Gasteiger partial charge in [-0.1, -0.05) is 38.1 Å². The van der Waals surface area contributed by atoms with Crippen LogP contribution in [0, 0.1) is 25.3 Å². The second kappa shape index (κ2) is 5.42. The number of carbonyl (C=O) groups is 1. The number of ketones is 1. The number of hydrogen-bond donors (Lipinski definition) is 0. The Kier molecular flexibility index (Phi) is 3.43. The van der Waals surface area contributed by atoms with Crippen LogP contribution >= 0.6 is 0 Å². The summed E-state index contributed by atoms with van der Waals surface area (Å²) in [6.45, 7) is 13.5. The minimum Gasteiger partial charge on any atom is -0.308 e. The first-order valence-electron chi connectivity index (χ1n) is 8.76. The van der Waals surface area contributed by atoms with Crippen LogP contribution in [0.3, 0.4) is 0 Å². The van der Waals surface area contributed by atoms with Gasteiger partial charge in [0.1, 0.15) is 5.82 Å². The Balaban J connectivity index is 1.94. The van der Waals surface area contributed by atoms with E-state index in [1.165, 1.54) is 5.69 Å². The predicted octanol–water partition coefficient (Wildman–Crippen LogP) is 4.02. The third-order valence-electron chi connectivity index (χ3n) is 5.95. The van der Waals surface area contributed by atoms with E-state index in [0.717, 1.165) is 30.0 Å². The molecule has 0 unspecified atom stereocenters. The maximum absolute atomic E-state index is 12.5. The molecule has 0 radical (unpaired) electrons. The first-order valence-corrected chi connectivity index (χ1v) is 8.76. The molecule has 0 saturated heterocycles. The molecule has 0 fully saturated rings. The standard InChI is InChI=1S/C21H21N3O/c1-13-16-10-11-18-20(21(16,3)12-17(22-4)19(13)25)23-14(2)24(18)15-8-6-5-7-9-15/h5-9,12-13,16H,10-11H2,1-3H3/t13-,16-,21-/m0/s1. The SMILES string of the molecule is [C-]#[N+]C1=C[C@]2(C)c3nc(C)n(-c4ccccc4)c3CC[C@H]2[C@H](C)C1=O. The molecule has 126 valence electrons. The van der Waals surface area contributed by atoms with E-state index in [9.17, 15) is 4.79 Å². The summed E-state index contributed by atoms with van der Waals surface area (Å²) in [5.41, 5.74) is 3.28. The summed E-state index contributed by atoms with van der Waals surface area (Å²) < 4.78 is 2.23. The van der Waals surface area contributed by atoms with Crippen molar-refractivity contribution in [1.82, 2.24) is 9.55 Å². The van der Waals surface area contributed by atoms with E-state index in [1.54, 1.807) is 0 Å². The molecule has 3 atom stereocenters. The third-order valence-corrected chi connectivity index (χ3v) is 5.95. The molecule has 0 aliphatic heterocycles. The molecule has 0 bridgehead atoms. The number of hydrogen-bond acceptors (Lipinski definition) is 2. The first kappa shape index (κ1) is 15.8. The van der Waals surface area contributed by atoms with Gasteiger partial charge in [0.2, 0.25) is 5.70 Å². The second-order valence-corrected chi connectivity index (χ2v) is 7.35. The zero-order valence-electron chi connectivity index (χ0n) is 14.8. The van der Waals surface area contributed by atoms with Crippen LogP contribution in [0.15, 0.2) is 42.1 Å². The predicted molar refractivity (Wildman–Crippen MR) is 96.3 cm³/mol.